The number of piperazine rings is 1. The summed E-state index contributed by atoms with van der Waals surface area (Å²) in [4.78, 5) is 17.0. The highest BCUT2D eigenvalue weighted by molar-refractivity contribution is 5.98. The molecule has 1 aliphatic rings. The minimum Gasteiger partial charge on any atom is -0.389 e. The average Bonchev–Trinajstić information content (AvgIpc) is 2.97. The minimum absolute atomic E-state index is 0.0771. The van der Waals surface area contributed by atoms with Crippen molar-refractivity contribution in [1.82, 2.24) is 14.4 Å². The Hall–Kier alpha value is -1.89. The first-order valence-electron chi connectivity index (χ1n) is 8.92. The van der Waals surface area contributed by atoms with E-state index in [4.69, 9.17) is 4.74 Å². The lowest BCUT2D eigenvalue weighted by atomic mass is 10.2. The number of aliphatic hydroxyl groups excluding tert-OH is 1. The Bertz CT molecular complexity index is 720. The number of aliphatic hydroxyl groups is 1. The molecule has 2 aromatic rings. The Morgan fingerprint density at radius 2 is 1.96 bits per heavy atom. The van der Waals surface area contributed by atoms with Crippen molar-refractivity contribution in [3.63, 3.8) is 0 Å². The molecule has 1 unspecified atom stereocenters. The van der Waals surface area contributed by atoms with Gasteiger partial charge in [0.15, 0.2) is 0 Å². The molecule has 1 fully saturated rings. The lowest BCUT2D eigenvalue weighted by molar-refractivity contribution is 0.0110. The molecule has 3 rings (SSSR count). The number of fused-ring (bicyclic) bond motifs is 1. The van der Waals surface area contributed by atoms with E-state index in [0.717, 1.165) is 29.7 Å². The third-order valence-electron chi connectivity index (χ3n) is 4.81. The fraction of sp³-hybridized carbons (Fsp3) is 0.526. The number of carbonyl (C=O) groups is 1. The van der Waals surface area contributed by atoms with Crippen LogP contribution in [0.3, 0.4) is 0 Å². The predicted octanol–water partition coefficient (Wildman–Crippen LogP) is 1.33. The number of para-hydroxylation sites is 1. The van der Waals surface area contributed by atoms with E-state index in [2.05, 4.69) is 4.90 Å². The van der Waals surface area contributed by atoms with Crippen molar-refractivity contribution in [3.8, 4) is 0 Å². The van der Waals surface area contributed by atoms with Gasteiger partial charge in [-0.3, -0.25) is 9.69 Å². The topological polar surface area (TPSA) is 57.9 Å². The van der Waals surface area contributed by atoms with E-state index in [0.29, 0.717) is 32.8 Å². The van der Waals surface area contributed by atoms with Gasteiger partial charge in [-0.15, -0.1) is 0 Å². The number of β-amino-alcohol motifs (C(OH)–C–C–N with tert-alkyl or cyclic N) is 1. The third-order valence-corrected chi connectivity index (χ3v) is 4.81. The van der Waals surface area contributed by atoms with Gasteiger partial charge in [0.1, 0.15) is 5.69 Å². The number of hydrogen-bond acceptors (Lipinski definition) is 4. The molecule has 1 atom stereocenters. The molecule has 0 saturated carbocycles. The van der Waals surface area contributed by atoms with Crippen molar-refractivity contribution in [2.45, 2.75) is 13.0 Å². The number of aryl methyl sites for hydroxylation is 1. The number of ether oxygens (including phenoxy) is 1. The highest BCUT2D eigenvalue weighted by atomic mass is 16.5. The van der Waals surface area contributed by atoms with Gasteiger partial charge in [-0.2, -0.15) is 0 Å². The van der Waals surface area contributed by atoms with Crippen LogP contribution in [0, 0.1) is 0 Å². The van der Waals surface area contributed by atoms with Crippen LogP contribution in [-0.2, 0) is 11.8 Å². The zero-order chi connectivity index (χ0) is 17.8. The Labute approximate surface area is 148 Å². The smallest absolute Gasteiger partial charge is 0.270 e. The van der Waals surface area contributed by atoms with E-state index in [1.807, 2.05) is 53.8 Å². The van der Waals surface area contributed by atoms with E-state index in [9.17, 15) is 9.90 Å². The Morgan fingerprint density at radius 3 is 2.64 bits per heavy atom. The van der Waals surface area contributed by atoms with Crippen molar-refractivity contribution >= 4 is 16.8 Å². The summed E-state index contributed by atoms with van der Waals surface area (Å²) in [5.74, 6) is 0.0771. The summed E-state index contributed by atoms with van der Waals surface area (Å²) in [6.07, 6.45) is -0.472. The zero-order valence-corrected chi connectivity index (χ0v) is 15.0. The van der Waals surface area contributed by atoms with E-state index in [1.54, 1.807) is 0 Å². The highest BCUT2D eigenvalue weighted by Crippen LogP contribution is 2.20. The number of rotatable bonds is 6. The van der Waals surface area contributed by atoms with Crippen LogP contribution in [0.25, 0.3) is 10.9 Å². The summed E-state index contributed by atoms with van der Waals surface area (Å²) < 4.78 is 7.22. The molecular formula is C19H27N3O3. The molecule has 25 heavy (non-hydrogen) atoms. The molecule has 1 aromatic carbocycles. The van der Waals surface area contributed by atoms with E-state index >= 15 is 0 Å². The normalized spacial score (nSPS) is 17.2. The molecule has 0 bridgehead atoms. The van der Waals surface area contributed by atoms with Gasteiger partial charge in [0.25, 0.3) is 5.91 Å². The molecule has 6 nitrogen and oxygen atoms in total. The molecule has 136 valence electrons. The number of benzene rings is 1. The van der Waals surface area contributed by atoms with Crippen LogP contribution in [0.1, 0.15) is 17.4 Å². The average molecular weight is 345 g/mol. The number of carbonyl (C=O) groups excluding carboxylic acids is 1. The number of nitrogens with zero attached hydrogens (tertiary/aromatic N) is 3. The molecule has 2 heterocycles. The lowest BCUT2D eigenvalue weighted by Gasteiger charge is -2.35. The first kappa shape index (κ1) is 17.9. The van der Waals surface area contributed by atoms with Gasteiger partial charge in [-0.1, -0.05) is 18.2 Å². The number of amides is 1. The summed E-state index contributed by atoms with van der Waals surface area (Å²) in [6.45, 7) is 6.41. The fourth-order valence-corrected chi connectivity index (χ4v) is 3.39. The van der Waals surface area contributed by atoms with Gasteiger partial charge in [0.2, 0.25) is 0 Å². The van der Waals surface area contributed by atoms with Crippen molar-refractivity contribution in [3.05, 3.63) is 36.0 Å². The highest BCUT2D eigenvalue weighted by Gasteiger charge is 2.25. The second-order valence-corrected chi connectivity index (χ2v) is 6.55. The Kier molecular flexibility index (Phi) is 5.73. The van der Waals surface area contributed by atoms with Crippen LogP contribution in [-0.4, -0.2) is 77.4 Å². The fourth-order valence-electron chi connectivity index (χ4n) is 3.39. The van der Waals surface area contributed by atoms with Crippen LogP contribution in [0.2, 0.25) is 0 Å². The van der Waals surface area contributed by atoms with Crippen molar-refractivity contribution in [2.75, 3.05) is 45.9 Å². The maximum Gasteiger partial charge on any atom is 0.270 e. The van der Waals surface area contributed by atoms with Gasteiger partial charge in [-0.05, 0) is 19.1 Å². The van der Waals surface area contributed by atoms with Gasteiger partial charge >= 0.3 is 0 Å². The summed E-state index contributed by atoms with van der Waals surface area (Å²) in [6, 6.07) is 10.0. The zero-order valence-electron chi connectivity index (χ0n) is 15.0. The van der Waals surface area contributed by atoms with E-state index in [1.165, 1.54) is 0 Å². The summed E-state index contributed by atoms with van der Waals surface area (Å²) in [5, 5.41) is 11.0. The summed E-state index contributed by atoms with van der Waals surface area (Å²) in [7, 11) is 1.94. The predicted molar refractivity (Wildman–Crippen MR) is 97.8 cm³/mol. The van der Waals surface area contributed by atoms with Crippen LogP contribution >= 0.6 is 0 Å². The second-order valence-electron chi connectivity index (χ2n) is 6.55. The molecule has 6 heteroatoms. The minimum atomic E-state index is -0.472. The third kappa shape index (κ3) is 4.03. The van der Waals surface area contributed by atoms with Gasteiger partial charge < -0.3 is 19.3 Å². The molecular weight excluding hydrogens is 318 g/mol. The number of hydrogen-bond donors (Lipinski definition) is 1. The van der Waals surface area contributed by atoms with E-state index in [-0.39, 0.29) is 5.91 Å². The Balaban J connectivity index is 1.59. The van der Waals surface area contributed by atoms with Crippen molar-refractivity contribution in [2.24, 2.45) is 7.05 Å². The van der Waals surface area contributed by atoms with Crippen LogP contribution in [0.5, 0.6) is 0 Å². The maximum atomic E-state index is 12.9. The molecule has 0 spiro atoms. The molecule has 1 aromatic heterocycles. The van der Waals surface area contributed by atoms with Crippen molar-refractivity contribution < 1.29 is 14.6 Å². The largest absolute Gasteiger partial charge is 0.389 e. The molecule has 1 saturated heterocycles. The number of aromatic nitrogens is 1. The molecule has 1 aliphatic heterocycles. The van der Waals surface area contributed by atoms with Crippen LogP contribution in [0.15, 0.2) is 30.3 Å². The molecule has 1 N–H and O–H groups in total. The van der Waals surface area contributed by atoms with E-state index < -0.39 is 6.10 Å². The second kappa shape index (κ2) is 7.99. The summed E-state index contributed by atoms with van der Waals surface area (Å²) in [5.41, 5.74) is 1.80. The summed E-state index contributed by atoms with van der Waals surface area (Å²) >= 11 is 0. The first-order chi connectivity index (χ1) is 12.1. The van der Waals surface area contributed by atoms with Gasteiger partial charge in [0.05, 0.1) is 12.7 Å². The Morgan fingerprint density at radius 1 is 1.24 bits per heavy atom. The molecule has 0 aliphatic carbocycles. The first-order valence-corrected chi connectivity index (χ1v) is 8.92. The van der Waals surface area contributed by atoms with Gasteiger partial charge in [0, 0.05) is 57.3 Å². The van der Waals surface area contributed by atoms with Crippen LogP contribution < -0.4 is 0 Å². The maximum absolute atomic E-state index is 12.9. The lowest BCUT2D eigenvalue weighted by Crippen LogP contribution is -2.51. The molecule has 1 amide bonds. The quantitative estimate of drug-likeness (QED) is 0.858. The molecule has 0 radical (unpaired) electrons. The standard InChI is InChI=1S/C19H27N3O3/c1-3-25-14-16(23)13-21-8-10-22(11-9-21)19(24)18-12-15-6-4-5-7-17(15)20(18)2/h4-7,12,16,23H,3,8-11,13-14H2,1-2H3. The van der Waals surface area contributed by atoms with Crippen molar-refractivity contribution in [1.29, 1.82) is 0 Å². The van der Waals surface area contributed by atoms with Gasteiger partial charge in [-0.25, -0.2) is 0 Å². The van der Waals surface area contributed by atoms with Crippen LogP contribution in [0.4, 0.5) is 0 Å². The SMILES string of the molecule is CCOCC(O)CN1CCN(C(=O)c2cc3ccccc3n2C)CC1. The monoisotopic (exact) mass is 345 g/mol.